The summed E-state index contributed by atoms with van der Waals surface area (Å²) in [7, 11) is 1.76. The number of likely N-dealkylation sites (N-methyl/N-ethyl adjacent to an activating group) is 1. The van der Waals surface area contributed by atoms with E-state index in [1.54, 1.807) is 18.9 Å². The summed E-state index contributed by atoms with van der Waals surface area (Å²) in [5.41, 5.74) is 1.46. The van der Waals surface area contributed by atoms with Crippen LogP contribution in [0.15, 0.2) is 77.3 Å². The zero-order valence-corrected chi connectivity index (χ0v) is 21.5. The molecule has 0 aliphatic rings. The molecule has 4 aromatic rings. The zero-order valence-electron chi connectivity index (χ0n) is 21.5. The van der Waals surface area contributed by atoms with E-state index in [4.69, 9.17) is 14.0 Å². The fourth-order valence-electron chi connectivity index (χ4n) is 4.18. The first-order valence-corrected chi connectivity index (χ1v) is 12.1. The Kier molecular flexibility index (Phi) is 7.70. The highest BCUT2D eigenvalue weighted by Crippen LogP contribution is 2.37. The Morgan fingerprint density at radius 3 is 2.33 bits per heavy atom. The minimum atomic E-state index is -0.588. The Morgan fingerprint density at radius 1 is 0.972 bits per heavy atom. The number of ether oxygens (including phenoxy) is 2. The van der Waals surface area contributed by atoms with E-state index < -0.39 is 5.60 Å². The summed E-state index contributed by atoms with van der Waals surface area (Å²) in [4.78, 5) is 18.8. The summed E-state index contributed by atoms with van der Waals surface area (Å²) in [6, 6.07) is 24.6. The minimum Gasteiger partial charge on any atom is -0.444 e. The van der Waals surface area contributed by atoms with Gasteiger partial charge in [0.05, 0.1) is 6.10 Å². The number of nitrogens with zero attached hydrogens (tertiary/aromatic N) is 3. The number of rotatable bonds is 8. The summed E-state index contributed by atoms with van der Waals surface area (Å²) in [6.07, 6.45) is -0.759. The molecule has 0 saturated heterocycles. The van der Waals surface area contributed by atoms with Crippen LogP contribution < -0.4 is 0 Å². The highest BCUT2D eigenvalue weighted by atomic mass is 16.6. The van der Waals surface area contributed by atoms with Crippen LogP contribution in [0.3, 0.4) is 0 Å². The summed E-state index contributed by atoms with van der Waals surface area (Å²) >= 11 is 0. The van der Waals surface area contributed by atoms with Crippen molar-refractivity contribution in [2.45, 2.75) is 51.9 Å². The molecule has 0 N–H and O–H groups in total. The molecule has 1 aromatic heterocycles. The van der Waals surface area contributed by atoms with E-state index in [1.807, 2.05) is 63.2 Å². The molecule has 0 bridgehead atoms. The highest BCUT2D eigenvalue weighted by molar-refractivity contribution is 5.83. The van der Waals surface area contributed by atoms with Gasteiger partial charge in [0.25, 0.3) is 0 Å². The molecule has 7 nitrogen and oxygen atoms in total. The first-order valence-electron chi connectivity index (χ1n) is 12.1. The standard InChI is InChI=1S/C29H33N3O4/c1-20-30-26(31-36-20)19-34-27(22-12-7-6-8-13-22)25(18-32(5)28(33)35-29(2,3)4)24-16-15-21-11-9-10-14-23(21)17-24/h6-17,25,27H,18-19H2,1-5H3/t25-,27+/m0/s1. The molecule has 1 heterocycles. The van der Waals surface area contributed by atoms with Crippen LogP contribution in [0.25, 0.3) is 10.8 Å². The van der Waals surface area contributed by atoms with Gasteiger partial charge in [0.2, 0.25) is 5.89 Å². The van der Waals surface area contributed by atoms with Crippen LogP contribution in [-0.4, -0.2) is 40.3 Å². The van der Waals surface area contributed by atoms with Gasteiger partial charge >= 0.3 is 6.09 Å². The lowest BCUT2D eigenvalue weighted by Crippen LogP contribution is -2.38. The second-order valence-corrected chi connectivity index (χ2v) is 9.95. The van der Waals surface area contributed by atoms with Crippen LogP contribution in [0.4, 0.5) is 4.79 Å². The lowest BCUT2D eigenvalue weighted by molar-refractivity contribution is 0.000577. The molecule has 2 atom stereocenters. The minimum absolute atomic E-state index is 0.178. The third-order valence-corrected chi connectivity index (χ3v) is 5.83. The Morgan fingerprint density at radius 2 is 1.67 bits per heavy atom. The Labute approximate surface area is 212 Å². The van der Waals surface area contributed by atoms with Gasteiger partial charge in [0, 0.05) is 26.4 Å². The van der Waals surface area contributed by atoms with Crippen molar-refractivity contribution in [3.05, 3.63) is 95.6 Å². The van der Waals surface area contributed by atoms with Crippen LogP contribution >= 0.6 is 0 Å². The maximum Gasteiger partial charge on any atom is 0.410 e. The van der Waals surface area contributed by atoms with Gasteiger partial charge in [-0.05, 0) is 42.7 Å². The SMILES string of the molecule is Cc1nc(CO[C@H](c2ccccc2)[C@@H](CN(C)C(=O)OC(C)(C)C)c2ccc3ccccc3c2)no1. The number of aryl methyl sites for hydroxylation is 1. The fourth-order valence-corrected chi connectivity index (χ4v) is 4.18. The third-order valence-electron chi connectivity index (χ3n) is 5.83. The number of fused-ring (bicyclic) bond motifs is 1. The van der Waals surface area contributed by atoms with E-state index in [-0.39, 0.29) is 24.7 Å². The summed E-state index contributed by atoms with van der Waals surface area (Å²) < 4.78 is 17.2. The third kappa shape index (κ3) is 6.49. The van der Waals surface area contributed by atoms with Gasteiger partial charge in [0.15, 0.2) is 5.82 Å². The number of hydrogen-bond acceptors (Lipinski definition) is 6. The molecule has 0 radical (unpaired) electrons. The molecular weight excluding hydrogens is 454 g/mol. The van der Waals surface area contributed by atoms with Gasteiger partial charge in [0.1, 0.15) is 12.2 Å². The van der Waals surface area contributed by atoms with Gasteiger partial charge < -0.3 is 18.9 Å². The van der Waals surface area contributed by atoms with E-state index in [2.05, 4.69) is 40.5 Å². The Bertz CT molecular complexity index is 1300. The molecule has 36 heavy (non-hydrogen) atoms. The fraction of sp³-hybridized carbons (Fsp3) is 0.345. The average Bonchev–Trinajstić information content (AvgIpc) is 3.27. The first kappa shape index (κ1) is 25.4. The van der Waals surface area contributed by atoms with Crippen molar-refractivity contribution in [2.24, 2.45) is 0 Å². The van der Waals surface area contributed by atoms with E-state index in [0.29, 0.717) is 18.3 Å². The van der Waals surface area contributed by atoms with Crippen molar-refractivity contribution in [1.82, 2.24) is 15.0 Å². The molecule has 188 valence electrons. The maximum absolute atomic E-state index is 12.9. The molecule has 0 aliphatic heterocycles. The normalized spacial score (nSPS) is 13.4. The number of carbonyl (C=O) groups is 1. The average molecular weight is 488 g/mol. The smallest absolute Gasteiger partial charge is 0.410 e. The van der Waals surface area contributed by atoms with Gasteiger partial charge in [-0.15, -0.1) is 0 Å². The molecule has 1 amide bonds. The molecule has 7 heteroatoms. The molecule has 3 aromatic carbocycles. The summed E-state index contributed by atoms with van der Waals surface area (Å²) in [5.74, 6) is 0.773. The zero-order chi connectivity index (χ0) is 25.7. The quantitative estimate of drug-likeness (QED) is 0.285. The highest BCUT2D eigenvalue weighted by Gasteiger charge is 2.30. The predicted octanol–water partition coefficient (Wildman–Crippen LogP) is 6.44. The number of amides is 1. The van der Waals surface area contributed by atoms with Crippen molar-refractivity contribution >= 4 is 16.9 Å². The maximum atomic E-state index is 12.9. The van der Waals surface area contributed by atoms with Crippen molar-refractivity contribution in [3.8, 4) is 0 Å². The number of carbonyl (C=O) groups excluding carboxylic acids is 1. The molecule has 0 saturated carbocycles. The van der Waals surface area contributed by atoms with Crippen molar-refractivity contribution in [3.63, 3.8) is 0 Å². The lowest BCUT2D eigenvalue weighted by atomic mass is 9.87. The van der Waals surface area contributed by atoms with Gasteiger partial charge in [-0.2, -0.15) is 4.98 Å². The van der Waals surface area contributed by atoms with Crippen LogP contribution in [0, 0.1) is 6.92 Å². The molecule has 0 spiro atoms. The van der Waals surface area contributed by atoms with Crippen molar-refractivity contribution < 1.29 is 18.8 Å². The van der Waals surface area contributed by atoms with Crippen LogP contribution in [0.5, 0.6) is 0 Å². The van der Waals surface area contributed by atoms with E-state index in [9.17, 15) is 4.79 Å². The molecule has 0 fully saturated rings. The van der Waals surface area contributed by atoms with Crippen LogP contribution in [0.1, 0.15) is 55.6 Å². The molecule has 0 unspecified atom stereocenters. The van der Waals surface area contributed by atoms with Gasteiger partial charge in [-0.3, -0.25) is 0 Å². The molecule has 4 rings (SSSR count). The summed E-state index contributed by atoms with van der Waals surface area (Å²) in [5, 5.41) is 6.27. The molecule has 0 aliphatic carbocycles. The second-order valence-electron chi connectivity index (χ2n) is 9.95. The van der Waals surface area contributed by atoms with Crippen LogP contribution in [0.2, 0.25) is 0 Å². The van der Waals surface area contributed by atoms with E-state index in [0.717, 1.165) is 21.9 Å². The van der Waals surface area contributed by atoms with Gasteiger partial charge in [-0.1, -0.05) is 78.0 Å². The monoisotopic (exact) mass is 487 g/mol. The lowest BCUT2D eigenvalue weighted by Gasteiger charge is -2.32. The summed E-state index contributed by atoms with van der Waals surface area (Å²) in [6.45, 7) is 7.90. The Hall–Kier alpha value is -3.71. The number of benzene rings is 3. The number of aromatic nitrogens is 2. The Balaban J connectivity index is 1.72. The van der Waals surface area contributed by atoms with E-state index in [1.165, 1.54) is 0 Å². The second kappa shape index (κ2) is 10.9. The van der Waals surface area contributed by atoms with Crippen LogP contribution in [-0.2, 0) is 16.1 Å². The topological polar surface area (TPSA) is 77.7 Å². The van der Waals surface area contributed by atoms with Gasteiger partial charge in [-0.25, -0.2) is 4.79 Å². The predicted molar refractivity (Wildman–Crippen MR) is 139 cm³/mol. The van der Waals surface area contributed by atoms with Crippen molar-refractivity contribution in [1.29, 1.82) is 0 Å². The molecular formula is C29H33N3O4. The first-order chi connectivity index (χ1) is 17.2. The van der Waals surface area contributed by atoms with Crippen molar-refractivity contribution in [2.75, 3.05) is 13.6 Å². The largest absolute Gasteiger partial charge is 0.444 e. The van der Waals surface area contributed by atoms with E-state index >= 15 is 0 Å². The number of hydrogen-bond donors (Lipinski definition) is 0.